The van der Waals surface area contributed by atoms with Crippen molar-refractivity contribution >= 4 is 6.08 Å². The summed E-state index contributed by atoms with van der Waals surface area (Å²) in [5, 5.41) is 0. The lowest BCUT2D eigenvalue weighted by atomic mass is 10.2. The quantitative estimate of drug-likeness (QED) is 0.670. The normalized spacial score (nSPS) is 11.7. The van der Waals surface area contributed by atoms with E-state index >= 15 is 0 Å². The average Bonchev–Trinajstić information content (AvgIpc) is 2.06. The Bertz CT molecular complexity index is 254. The fourth-order valence-electron chi connectivity index (χ4n) is 0.910. The highest BCUT2D eigenvalue weighted by atomic mass is 19.1. The summed E-state index contributed by atoms with van der Waals surface area (Å²) in [6, 6.07) is 9.31. The van der Waals surface area contributed by atoms with Gasteiger partial charge >= 0.3 is 0 Å². The zero-order valence-electron chi connectivity index (χ0n) is 6.96. The van der Waals surface area contributed by atoms with Gasteiger partial charge in [-0.15, -0.1) is 0 Å². The molecule has 12 heavy (non-hydrogen) atoms. The molecule has 1 nitrogen and oxygen atoms in total. The molecule has 64 valence electrons. The van der Waals surface area contributed by atoms with E-state index in [1.165, 1.54) is 13.2 Å². The van der Waals surface area contributed by atoms with E-state index in [0.29, 0.717) is 0 Å². The first-order chi connectivity index (χ1) is 5.83. The minimum Gasteiger partial charge on any atom is -0.378 e. The van der Waals surface area contributed by atoms with Crippen LogP contribution in [-0.2, 0) is 4.74 Å². The summed E-state index contributed by atoms with van der Waals surface area (Å²) >= 11 is 0. The molecule has 0 heterocycles. The van der Waals surface area contributed by atoms with Crippen LogP contribution in [0.15, 0.2) is 36.2 Å². The monoisotopic (exact) mass is 166 g/mol. The Morgan fingerprint density at radius 3 is 2.67 bits per heavy atom. The van der Waals surface area contributed by atoms with Crippen LogP contribution in [-0.4, -0.2) is 13.7 Å². The number of hydrogen-bond acceptors (Lipinski definition) is 1. The summed E-state index contributed by atoms with van der Waals surface area (Å²) in [6.07, 6.45) is 1.46. The first-order valence-electron chi connectivity index (χ1n) is 3.73. The maximum Gasteiger partial charge on any atom is 0.126 e. The Kier molecular flexibility index (Phi) is 3.48. The van der Waals surface area contributed by atoms with Crippen molar-refractivity contribution in [2.24, 2.45) is 0 Å². The molecule has 0 fully saturated rings. The Labute approximate surface area is 71.5 Å². The highest BCUT2D eigenvalue weighted by Crippen LogP contribution is 2.07. The standard InChI is InChI=1S/C10H11FO/c1-12-8-10(11)7-9-5-3-2-4-6-9/h2-7H,8H2,1H3. The maximum atomic E-state index is 12.8. The van der Waals surface area contributed by atoms with Crippen molar-refractivity contribution < 1.29 is 9.13 Å². The molecule has 0 radical (unpaired) electrons. The Balaban J connectivity index is 2.67. The second-order valence-electron chi connectivity index (χ2n) is 2.43. The van der Waals surface area contributed by atoms with Crippen molar-refractivity contribution in [3.63, 3.8) is 0 Å². The lowest BCUT2D eigenvalue weighted by Crippen LogP contribution is -1.87. The minimum absolute atomic E-state index is 0.0366. The van der Waals surface area contributed by atoms with E-state index in [1.807, 2.05) is 30.3 Å². The number of hydrogen-bond donors (Lipinski definition) is 0. The van der Waals surface area contributed by atoms with Gasteiger partial charge in [-0.1, -0.05) is 30.3 Å². The summed E-state index contributed by atoms with van der Waals surface area (Å²) < 4.78 is 17.5. The second kappa shape index (κ2) is 4.67. The van der Waals surface area contributed by atoms with E-state index in [4.69, 9.17) is 0 Å². The second-order valence-corrected chi connectivity index (χ2v) is 2.43. The molecule has 1 rings (SSSR count). The molecule has 0 bridgehead atoms. The van der Waals surface area contributed by atoms with Gasteiger partial charge in [0.25, 0.3) is 0 Å². The lowest BCUT2D eigenvalue weighted by molar-refractivity contribution is 0.207. The van der Waals surface area contributed by atoms with Crippen LogP contribution in [0, 0.1) is 0 Å². The van der Waals surface area contributed by atoms with Crippen molar-refractivity contribution in [3.05, 3.63) is 41.7 Å². The van der Waals surface area contributed by atoms with Gasteiger partial charge in [0.15, 0.2) is 0 Å². The molecule has 0 amide bonds. The zero-order valence-corrected chi connectivity index (χ0v) is 6.96. The molecule has 2 heteroatoms. The predicted molar refractivity (Wildman–Crippen MR) is 47.4 cm³/mol. The van der Waals surface area contributed by atoms with E-state index in [0.717, 1.165) is 5.56 Å². The van der Waals surface area contributed by atoms with Crippen molar-refractivity contribution in [1.29, 1.82) is 0 Å². The Morgan fingerprint density at radius 2 is 2.08 bits per heavy atom. The Morgan fingerprint density at radius 1 is 1.42 bits per heavy atom. The molecular formula is C10H11FO. The van der Waals surface area contributed by atoms with E-state index in [9.17, 15) is 4.39 Å². The van der Waals surface area contributed by atoms with Gasteiger partial charge in [-0.3, -0.25) is 0 Å². The van der Waals surface area contributed by atoms with E-state index in [1.54, 1.807) is 0 Å². The largest absolute Gasteiger partial charge is 0.378 e. The average molecular weight is 166 g/mol. The molecule has 0 aliphatic rings. The fraction of sp³-hybridized carbons (Fsp3) is 0.200. The van der Waals surface area contributed by atoms with Crippen LogP contribution in [0.3, 0.4) is 0 Å². The topological polar surface area (TPSA) is 9.23 Å². The summed E-state index contributed by atoms with van der Waals surface area (Å²) in [4.78, 5) is 0. The SMILES string of the molecule is COCC(F)=Cc1ccccc1. The third kappa shape index (κ3) is 2.84. The molecule has 0 saturated heterocycles. The lowest BCUT2D eigenvalue weighted by Gasteiger charge is -1.95. The molecule has 0 N–H and O–H groups in total. The van der Waals surface area contributed by atoms with Gasteiger partial charge in [-0.25, -0.2) is 4.39 Å². The molecule has 0 aliphatic heterocycles. The highest BCUT2D eigenvalue weighted by Gasteiger charge is 1.92. The van der Waals surface area contributed by atoms with Gasteiger partial charge in [-0.05, 0) is 11.6 Å². The zero-order chi connectivity index (χ0) is 8.81. The van der Waals surface area contributed by atoms with Crippen LogP contribution >= 0.6 is 0 Å². The molecule has 0 aliphatic carbocycles. The molecule has 0 unspecified atom stereocenters. The first-order valence-corrected chi connectivity index (χ1v) is 3.73. The number of methoxy groups -OCH3 is 1. The van der Waals surface area contributed by atoms with Gasteiger partial charge in [0.2, 0.25) is 0 Å². The van der Waals surface area contributed by atoms with Crippen LogP contribution < -0.4 is 0 Å². The molecular weight excluding hydrogens is 155 g/mol. The molecule has 0 spiro atoms. The molecule has 0 saturated carbocycles. The van der Waals surface area contributed by atoms with Gasteiger partial charge in [0, 0.05) is 7.11 Å². The summed E-state index contributed by atoms with van der Waals surface area (Å²) in [7, 11) is 1.47. The third-order valence-corrected chi connectivity index (χ3v) is 1.41. The van der Waals surface area contributed by atoms with Gasteiger partial charge in [0.05, 0.1) is 6.61 Å². The third-order valence-electron chi connectivity index (χ3n) is 1.41. The van der Waals surface area contributed by atoms with Crippen LogP contribution in [0.5, 0.6) is 0 Å². The van der Waals surface area contributed by atoms with Crippen LogP contribution in [0.4, 0.5) is 4.39 Å². The van der Waals surface area contributed by atoms with Crippen molar-refractivity contribution in [1.82, 2.24) is 0 Å². The van der Waals surface area contributed by atoms with E-state index in [-0.39, 0.29) is 12.4 Å². The van der Waals surface area contributed by atoms with Crippen molar-refractivity contribution in [2.75, 3.05) is 13.7 Å². The van der Waals surface area contributed by atoms with Crippen molar-refractivity contribution in [2.45, 2.75) is 0 Å². The molecule has 0 atom stereocenters. The smallest absolute Gasteiger partial charge is 0.126 e. The number of rotatable bonds is 3. The highest BCUT2D eigenvalue weighted by molar-refractivity contribution is 5.50. The van der Waals surface area contributed by atoms with Crippen LogP contribution in [0.25, 0.3) is 6.08 Å². The van der Waals surface area contributed by atoms with Gasteiger partial charge in [-0.2, -0.15) is 0 Å². The number of benzene rings is 1. The number of halogens is 1. The van der Waals surface area contributed by atoms with Crippen LogP contribution in [0.2, 0.25) is 0 Å². The molecule has 1 aromatic rings. The van der Waals surface area contributed by atoms with E-state index in [2.05, 4.69) is 4.74 Å². The first kappa shape index (κ1) is 8.94. The summed E-state index contributed by atoms with van der Waals surface area (Å²) in [6.45, 7) is 0.0366. The number of ether oxygens (including phenoxy) is 1. The van der Waals surface area contributed by atoms with Crippen molar-refractivity contribution in [3.8, 4) is 0 Å². The van der Waals surface area contributed by atoms with Gasteiger partial charge in [0.1, 0.15) is 5.83 Å². The fourth-order valence-corrected chi connectivity index (χ4v) is 0.910. The van der Waals surface area contributed by atoms with Gasteiger partial charge < -0.3 is 4.74 Å². The summed E-state index contributed by atoms with van der Waals surface area (Å²) in [5.41, 5.74) is 0.854. The van der Waals surface area contributed by atoms with Crippen LogP contribution in [0.1, 0.15) is 5.56 Å². The Hall–Kier alpha value is -1.15. The molecule has 1 aromatic carbocycles. The summed E-state index contributed by atoms with van der Waals surface area (Å²) in [5.74, 6) is -0.260. The van der Waals surface area contributed by atoms with E-state index < -0.39 is 0 Å². The predicted octanol–water partition coefficient (Wildman–Crippen LogP) is 2.64. The maximum absolute atomic E-state index is 12.8. The molecule has 0 aromatic heterocycles. The minimum atomic E-state index is -0.260.